The maximum Gasteiger partial charge on any atom is 0.303 e. The predicted molar refractivity (Wildman–Crippen MR) is 69.0 cm³/mol. The molecule has 1 saturated carbocycles. The first-order valence-corrected chi connectivity index (χ1v) is 6.75. The molecule has 3 unspecified atom stereocenters. The van der Waals surface area contributed by atoms with E-state index in [1.807, 2.05) is 6.92 Å². The number of hydrogen-bond acceptors (Lipinski definition) is 3. The Hall–Kier alpha value is -1.10. The lowest BCUT2D eigenvalue weighted by molar-refractivity contribution is -0.137. The van der Waals surface area contributed by atoms with Crippen LogP contribution in [0.25, 0.3) is 0 Å². The number of rotatable bonds is 7. The average Bonchev–Trinajstić information content (AvgIpc) is 2.72. The summed E-state index contributed by atoms with van der Waals surface area (Å²) in [6.07, 6.45) is 4.54. The minimum absolute atomic E-state index is 0.00874. The second kappa shape index (κ2) is 7.36. The highest BCUT2D eigenvalue weighted by atomic mass is 16.4. The quantitative estimate of drug-likeness (QED) is 0.636. The number of carbonyl (C=O) groups is 2. The molecule has 0 heterocycles. The second-order valence-electron chi connectivity index (χ2n) is 5.32. The van der Waals surface area contributed by atoms with Gasteiger partial charge >= 0.3 is 5.97 Å². The Morgan fingerprint density at radius 3 is 2.67 bits per heavy atom. The van der Waals surface area contributed by atoms with Crippen molar-refractivity contribution in [2.24, 2.45) is 17.6 Å². The zero-order chi connectivity index (χ0) is 13.5. The Balaban J connectivity index is 2.13. The van der Waals surface area contributed by atoms with Crippen molar-refractivity contribution in [2.45, 2.75) is 51.5 Å². The van der Waals surface area contributed by atoms with Gasteiger partial charge in [-0.1, -0.05) is 13.3 Å². The van der Waals surface area contributed by atoms with Crippen molar-refractivity contribution < 1.29 is 14.7 Å². The fourth-order valence-corrected chi connectivity index (χ4v) is 2.40. The SMILES string of the molecule is CC(CCNC(=O)C1CCCC1N)CCC(=O)O. The standard InChI is InChI=1S/C13H24N2O3/c1-9(5-6-12(16)17)7-8-15-13(18)10-3-2-4-11(10)14/h9-11H,2-8,14H2,1H3,(H,15,18)(H,16,17). The summed E-state index contributed by atoms with van der Waals surface area (Å²) in [5, 5.41) is 11.5. The molecule has 0 radical (unpaired) electrons. The summed E-state index contributed by atoms with van der Waals surface area (Å²) >= 11 is 0. The van der Waals surface area contributed by atoms with Gasteiger partial charge in [-0.05, 0) is 31.6 Å². The van der Waals surface area contributed by atoms with Crippen LogP contribution < -0.4 is 11.1 Å². The van der Waals surface area contributed by atoms with Crippen LogP contribution in [0.5, 0.6) is 0 Å². The fraction of sp³-hybridized carbons (Fsp3) is 0.846. The molecule has 0 saturated heterocycles. The highest BCUT2D eigenvalue weighted by Gasteiger charge is 2.29. The Morgan fingerprint density at radius 1 is 1.39 bits per heavy atom. The minimum atomic E-state index is -0.761. The van der Waals surface area contributed by atoms with E-state index in [1.165, 1.54) is 0 Å². The number of carboxylic acids is 1. The molecule has 1 rings (SSSR count). The van der Waals surface area contributed by atoms with Gasteiger partial charge in [0.15, 0.2) is 0 Å². The third kappa shape index (κ3) is 5.04. The van der Waals surface area contributed by atoms with Gasteiger partial charge in [0.05, 0.1) is 5.92 Å². The third-order valence-corrected chi connectivity index (χ3v) is 3.69. The van der Waals surface area contributed by atoms with Crippen molar-refractivity contribution >= 4 is 11.9 Å². The molecule has 1 fully saturated rings. The molecule has 1 aliphatic rings. The first-order valence-electron chi connectivity index (χ1n) is 6.75. The number of carbonyl (C=O) groups excluding carboxylic acids is 1. The van der Waals surface area contributed by atoms with E-state index >= 15 is 0 Å². The molecule has 5 nitrogen and oxygen atoms in total. The average molecular weight is 256 g/mol. The van der Waals surface area contributed by atoms with Gasteiger partial charge in [0.1, 0.15) is 0 Å². The minimum Gasteiger partial charge on any atom is -0.481 e. The summed E-state index contributed by atoms with van der Waals surface area (Å²) in [6, 6.07) is 0.00874. The van der Waals surface area contributed by atoms with E-state index in [0.717, 1.165) is 25.7 Å². The Bertz CT molecular complexity index is 294. The van der Waals surface area contributed by atoms with Gasteiger partial charge in [-0.25, -0.2) is 0 Å². The normalized spacial score (nSPS) is 24.8. The van der Waals surface area contributed by atoms with E-state index in [0.29, 0.717) is 18.9 Å². The molecule has 3 atom stereocenters. The molecule has 0 aromatic heterocycles. The molecule has 0 aliphatic heterocycles. The summed E-state index contributed by atoms with van der Waals surface area (Å²) in [4.78, 5) is 22.2. The van der Waals surface area contributed by atoms with Crippen LogP contribution in [0.3, 0.4) is 0 Å². The number of nitrogens with two attached hydrogens (primary N) is 1. The van der Waals surface area contributed by atoms with Crippen molar-refractivity contribution in [1.29, 1.82) is 0 Å². The van der Waals surface area contributed by atoms with Gasteiger partial charge in [-0.2, -0.15) is 0 Å². The van der Waals surface area contributed by atoms with Crippen LogP contribution in [-0.4, -0.2) is 29.6 Å². The van der Waals surface area contributed by atoms with Crippen LogP contribution in [0.15, 0.2) is 0 Å². The number of carboxylic acid groups (broad SMARTS) is 1. The Kier molecular flexibility index (Phi) is 6.12. The van der Waals surface area contributed by atoms with Crippen LogP contribution in [0.4, 0.5) is 0 Å². The Labute approximate surface area is 108 Å². The first-order chi connectivity index (χ1) is 8.50. The summed E-state index contributed by atoms with van der Waals surface area (Å²) < 4.78 is 0. The second-order valence-corrected chi connectivity index (χ2v) is 5.32. The van der Waals surface area contributed by atoms with E-state index < -0.39 is 5.97 Å². The molecule has 0 bridgehead atoms. The highest BCUT2D eigenvalue weighted by molar-refractivity contribution is 5.79. The lowest BCUT2D eigenvalue weighted by atomic mass is 10.0. The van der Waals surface area contributed by atoms with E-state index in [-0.39, 0.29) is 24.3 Å². The van der Waals surface area contributed by atoms with Crippen LogP contribution in [0, 0.1) is 11.8 Å². The van der Waals surface area contributed by atoms with Crippen molar-refractivity contribution in [3.63, 3.8) is 0 Å². The van der Waals surface area contributed by atoms with Crippen LogP contribution in [-0.2, 0) is 9.59 Å². The first kappa shape index (κ1) is 15.0. The third-order valence-electron chi connectivity index (χ3n) is 3.69. The molecular weight excluding hydrogens is 232 g/mol. The van der Waals surface area contributed by atoms with Gasteiger partial charge in [0.25, 0.3) is 0 Å². The van der Waals surface area contributed by atoms with Crippen molar-refractivity contribution in [1.82, 2.24) is 5.32 Å². The van der Waals surface area contributed by atoms with Crippen LogP contribution in [0.1, 0.15) is 45.4 Å². The Morgan fingerprint density at radius 2 is 2.11 bits per heavy atom. The number of aliphatic carboxylic acids is 1. The largest absolute Gasteiger partial charge is 0.481 e. The molecular formula is C13H24N2O3. The van der Waals surface area contributed by atoms with Crippen LogP contribution >= 0.6 is 0 Å². The predicted octanol–water partition coefficient (Wildman–Crippen LogP) is 1.12. The molecule has 1 aliphatic carbocycles. The van der Waals surface area contributed by atoms with E-state index in [1.54, 1.807) is 0 Å². The van der Waals surface area contributed by atoms with E-state index in [2.05, 4.69) is 5.32 Å². The molecule has 1 amide bonds. The summed E-state index contributed by atoms with van der Waals surface area (Å²) in [6.45, 7) is 2.62. The zero-order valence-corrected chi connectivity index (χ0v) is 11.0. The van der Waals surface area contributed by atoms with Gasteiger partial charge in [-0.15, -0.1) is 0 Å². The zero-order valence-electron chi connectivity index (χ0n) is 11.0. The molecule has 5 heteroatoms. The number of amides is 1. The topological polar surface area (TPSA) is 92.4 Å². The van der Waals surface area contributed by atoms with Crippen molar-refractivity contribution in [2.75, 3.05) is 6.54 Å². The number of hydrogen-bond donors (Lipinski definition) is 3. The molecule has 0 aromatic carbocycles. The van der Waals surface area contributed by atoms with Gasteiger partial charge < -0.3 is 16.2 Å². The lowest BCUT2D eigenvalue weighted by Gasteiger charge is -2.16. The summed E-state index contributed by atoms with van der Waals surface area (Å²) in [5.74, 6) is -0.411. The monoisotopic (exact) mass is 256 g/mol. The molecule has 104 valence electrons. The summed E-state index contributed by atoms with van der Waals surface area (Å²) in [7, 11) is 0. The van der Waals surface area contributed by atoms with Gasteiger partial charge in [-0.3, -0.25) is 9.59 Å². The van der Waals surface area contributed by atoms with Gasteiger partial charge in [0.2, 0.25) is 5.91 Å². The smallest absolute Gasteiger partial charge is 0.303 e. The fourth-order valence-electron chi connectivity index (χ4n) is 2.40. The summed E-state index contributed by atoms with van der Waals surface area (Å²) in [5.41, 5.74) is 5.87. The molecule has 0 aromatic rings. The number of nitrogens with one attached hydrogen (secondary N) is 1. The maximum atomic E-state index is 11.8. The van der Waals surface area contributed by atoms with E-state index in [9.17, 15) is 9.59 Å². The lowest BCUT2D eigenvalue weighted by Crippen LogP contribution is -2.39. The maximum absolute atomic E-state index is 11.8. The van der Waals surface area contributed by atoms with Crippen molar-refractivity contribution in [3.05, 3.63) is 0 Å². The highest BCUT2D eigenvalue weighted by Crippen LogP contribution is 2.23. The molecule has 4 N–H and O–H groups in total. The van der Waals surface area contributed by atoms with Gasteiger partial charge in [0, 0.05) is 19.0 Å². The van der Waals surface area contributed by atoms with E-state index in [4.69, 9.17) is 10.8 Å². The van der Waals surface area contributed by atoms with Crippen molar-refractivity contribution in [3.8, 4) is 0 Å². The van der Waals surface area contributed by atoms with Crippen LogP contribution in [0.2, 0.25) is 0 Å². The molecule has 0 spiro atoms. The molecule has 18 heavy (non-hydrogen) atoms.